The lowest BCUT2D eigenvalue weighted by Gasteiger charge is -2.31. The van der Waals surface area contributed by atoms with Gasteiger partial charge in [-0.2, -0.15) is 0 Å². The Morgan fingerprint density at radius 3 is 2.25 bits per heavy atom. The van der Waals surface area contributed by atoms with E-state index in [1.807, 2.05) is 0 Å². The van der Waals surface area contributed by atoms with Gasteiger partial charge < -0.3 is 4.90 Å². The summed E-state index contributed by atoms with van der Waals surface area (Å²) in [7, 11) is 2.27. The van der Waals surface area contributed by atoms with E-state index in [2.05, 4.69) is 25.5 Å². The van der Waals surface area contributed by atoms with Gasteiger partial charge in [-0.15, -0.1) is 6.58 Å². The molecule has 2 fully saturated rings. The van der Waals surface area contributed by atoms with E-state index in [1.165, 1.54) is 82.9 Å². The minimum Gasteiger partial charge on any atom is -0.306 e. The van der Waals surface area contributed by atoms with Gasteiger partial charge >= 0.3 is 0 Å². The van der Waals surface area contributed by atoms with E-state index in [4.69, 9.17) is 0 Å². The van der Waals surface area contributed by atoms with Crippen LogP contribution < -0.4 is 0 Å². The molecule has 0 bridgehead atoms. The van der Waals surface area contributed by atoms with Crippen LogP contribution in [0.1, 0.15) is 71.1 Å². The van der Waals surface area contributed by atoms with Gasteiger partial charge in [0.1, 0.15) is 0 Å². The molecule has 0 N–H and O–H groups in total. The zero-order valence-electron chi connectivity index (χ0n) is 13.9. The summed E-state index contributed by atoms with van der Waals surface area (Å²) in [6.45, 7) is 8.90. The van der Waals surface area contributed by atoms with Crippen molar-refractivity contribution in [3.8, 4) is 0 Å². The van der Waals surface area contributed by atoms with Crippen molar-refractivity contribution in [2.45, 2.75) is 71.1 Å². The third-order valence-electron chi connectivity index (χ3n) is 5.69. The second-order valence-corrected chi connectivity index (χ2v) is 7.72. The fourth-order valence-electron chi connectivity index (χ4n) is 4.20. The Morgan fingerprint density at radius 1 is 0.950 bits per heavy atom. The molecule has 0 spiro atoms. The summed E-state index contributed by atoms with van der Waals surface area (Å²) in [6, 6.07) is 0. The lowest BCUT2D eigenvalue weighted by Crippen LogP contribution is -2.31. The first-order valence-electron chi connectivity index (χ1n) is 8.96. The molecule has 116 valence electrons. The van der Waals surface area contributed by atoms with E-state index in [0.29, 0.717) is 0 Å². The zero-order chi connectivity index (χ0) is 14.4. The smallest absolute Gasteiger partial charge is 0.00191 e. The Bertz CT molecular complexity index is 288. The lowest BCUT2D eigenvalue weighted by atomic mass is 9.83. The summed E-state index contributed by atoms with van der Waals surface area (Å²) in [6.07, 6.45) is 14.6. The highest BCUT2D eigenvalue weighted by atomic mass is 15.1. The predicted molar refractivity (Wildman–Crippen MR) is 89.0 cm³/mol. The van der Waals surface area contributed by atoms with Crippen LogP contribution in [0.25, 0.3) is 0 Å². The van der Waals surface area contributed by atoms with Crippen LogP contribution in [0.2, 0.25) is 0 Å². The number of rotatable bonds is 5. The highest BCUT2D eigenvalue weighted by molar-refractivity contribution is 4.88. The van der Waals surface area contributed by atoms with Crippen molar-refractivity contribution < 1.29 is 0 Å². The number of piperidine rings is 1. The number of allylic oxidation sites excluding steroid dienone is 1. The minimum absolute atomic E-state index is 0.995. The maximum absolute atomic E-state index is 4.06. The van der Waals surface area contributed by atoms with E-state index in [1.54, 1.807) is 0 Å². The second kappa shape index (κ2) is 8.22. The molecule has 1 saturated carbocycles. The Kier molecular flexibility index (Phi) is 6.61. The first kappa shape index (κ1) is 16.1. The van der Waals surface area contributed by atoms with Crippen LogP contribution in [-0.4, -0.2) is 25.0 Å². The molecule has 0 aromatic rings. The third-order valence-corrected chi connectivity index (χ3v) is 5.69. The number of nitrogens with zero attached hydrogens (tertiary/aromatic N) is 1. The van der Waals surface area contributed by atoms with Crippen LogP contribution >= 0.6 is 0 Å². The maximum atomic E-state index is 4.06. The molecule has 0 radical (unpaired) electrons. The largest absolute Gasteiger partial charge is 0.306 e. The van der Waals surface area contributed by atoms with Crippen LogP contribution in [0.4, 0.5) is 0 Å². The zero-order valence-corrected chi connectivity index (χ0v) is 13.9. The Labute approximate surface area is 126 Å². The van der Waals surface area contributed by atoms with Crippen LogP contribution in [0, 0.1) is 17.8 Å². The Morgan fingerprint density at radius 2 is 1.55 bits per heavy atom. The van der Waals surface area contributed by atoms with Gasteiger partial charge in [-0.1, -0.05) is 37.7 Å². The van der Waals surface area contributed by atoms with E-state index < -0.39 is 0 Å². The standard InChI is InChI=1S/C19H35N/c1-16(2)7-8-17-5-4-6-18(10-9-17)15-19-11-13-20(3)14-12-19/h17-19H,1,4-15H2,2-3H3. The molecule has 1 aliphatic heterocycles. The topological polar surface area (TPSA) is 3.24 Å². The summed E-state index contributed by atoms with van der Waals surface area (Å²) in [5.74, 6) is 3.07. The third kappa shape index (κ3) is 5.60. The fourth-order valence-corrected chi connectivity index (χ4v) is 4.20. The first-order valence-corrected chi connectivity index (χ1v) is 8.96. The summed E-state index contributed by atoms with van der Waals surface area (Å²) in [5, 5.41) is 0. The Hall–Kier alpha value is -0.300. The molecule has 2 atom stereocenters. The summed E-state index contributed by atoms with van der Waals surface area (Å²) in [5.41, 5.74) is 1.37. The van der Waals surface area contributed by atoms with Gasteiger partial charge in [0.2, 0.25) is 0 Å². The molecular weight excluding hydrogens is 242 g/mol. The Balaban J connectivity index is 1.68. The molecule has 1 saturated heterocycles. The quantitative estimate of drug-likeness (QED) is 0.489. The van der Waals surface area contributed by atoms with Crippen molar-refractivity contribution in [2.24, 2.45) is 17.8 Å². The lowest BCUT2D eigenvalue weighted by molar-refractivity contribution is 0.190. The van der Waals surface area contributed by atoms with Crippen LogP contribution in [0.15, 0.2) is 12.2 Å². The van der Waals surface area contributed by atoms with Crippen molar-refractivity contribution in [2.75, 3.05) is 20.1 Å². The predicted octanol–water partition coefficient (Wildman–Crippen LogP) is 5.27. The second-order valence-electron chi connectivity index (χ2n) is 7.72. The normalized spacial score (nSPS) is 30.1. The van der Waals surface area contributed by atoms with Gasteiger partial charge in [0.15, 0.2) is 0 Å². The van der Waals surface area contributed by atoms with E-state index in [9.17, 15) is 0 Å². The van der Waals surface area contributed by atoms with Crippen molar-refractivity contribution >= 4 is 0 Å². The molecule has 0 aromatic heterocycles. The van der Waals surface area contributed by atoms with Crippen molar-refractivity contribution in [3.63, 3.8) is 0 Å². The van der Waals surface area contributed by atoms with Crippen molar-refractivity contribution in [3.05, 3.63) is 12.2 Å². The highest BCUT2D eigenvalue weighted by Gasteiger charge is 2.23. The van der Waals surface area contributed by atoms with Gasteiger partial charge in [0, 0.05) is 0 Å². The average molecular weight is 277 g/mol. The first-order chi connectivity index (χ1) is 9.63. The number of likely N-dealkylation sites (tertiary alicyclic amines) is 1. The van der Waals surface area contributed by atoms with Gasteiger partial charge in [0.25, 0.3) is 0 Å². The molecule has 1 aliphatic carbocycles. The molecular formula is C19H35N. The van der Waals surface area contributed by atoms with Gasteiger partial charge in [-0.3, -0.25) is 0 Å². The monoisotopic (exact) mass is 277 g/mol. The summed E-state index contributed by atoms with van der Waals surface area (Å²) in [4.78, 5) is 2.50. The van der Waals surface area contributed by atoms with Crippen LogP contribution in [-0.2, 0) is 0 Å². The molecule has 1 heteroatoms. The van der Waals surface area contributed by atoms with Gasteiger partial charge in [-0.05, 0) is 76.9 Å². The molecule has 2 rings (SSSR count). The summed E-state index contributed by atoms with van der Waals surface area (Å²) < 4.78 is 0. The molecule has 20 heavy (non-hydrogen) atoms. The van der Waals surface area contributed by atoms with Crippen LogP contribution in [0.5, 0.6) is 0 Å². The van der Waals surface area contributed by atoms with Gasteiger partial charge in [-0.25, -0.2) is 0 Å². The molecule has 1 nitrogen and oxygen atoms in total. The average Bonchev–Trinajstić information content (AvgIpc) is 2.64. The summed E-state index contributed by atoms with van der Waals surface area (Å²) >= 11 is 0. The SMILES string of the molecule is C=C(C)CCC1CCCC(CC2CCN(C)CC2)CC1. The number of hydrogen-bond acceptors (Lipinski definition) is 1. The fraction of sp³-hybridized carbons (Fsp3) is 0.895. The molecule has 1 heterocycles. The maximum Gasteiger partial charge on any atom is -0.00191 e. The van der Waals surface area contributed by atoms with Crippen LogP contribution in [0.3, 0.4) is 0 Å². The van der Waals surface area contributed by atoms with E-state index in [-0.39, 0.29) is 0 Å². The van der Waals surface area contributed by atoms with Gasteiger partial charge in [0.05, 0.1) is 0 Å². The minimum atomic E-state index is 0.995. The molecule has 2 unspecified atom stereocenters. The van der Waals surface area contributed by atoms with Crippen molar-refractivity contribution in [1.29, 1.82) is 0 Å². The highest BCUT2D eigenvalue weighted by Crippen LogP contribution is 2.35. The van der Waals surface area contributed by atoms with E-state index >= 15 is 0 Å². The van der Waals surface area contributed by atoms with Crippen molar-refractivity contribution in [1.82, 2.24) is 4.90 Å². The molecule has 0 aromatic carbocycles. The number of hydrogen-bond donors (Lipinski definition) is 0. The molecule has 2 aliphatic rings. The molecule has 0 amide bonds. The van der Waals surface area contributed by atoms with E-state index in [0.717, 1.165) is 17.8 Å².